The van der Waals surface area contributed by atoms with Crippen molar-refractivity contribution in [2.75, 3.05) is 0 Å². The minimum Gasteiger partial charge on any atom is -0.353 e. The summed E-state index contributed by atoms with van der Waals surface area (Å²) in [6.45, 7) is 2.15. The van der Waals surface area contributed by atoms with Crippen LogP contribution in [-0.4, -0.2) is 5.11 Å². The van der Waals surface area contributed by atoms with E-state index in [0.29, 0.717) is 5.11 Å². The number of rotatable bonds is 2. The monoisotopic (exact) mass is 380 g/mol. The molecule has 2 nitrogen and oxygen atoms in total. The predicted molar refractivity (Wildman–Crippen MR) is 94.6 cm³/mol. The van der Waals surface area contributed by atoms with Crippen LogP contribution in [0.1, 0.15) is 24.1 Å². The molecule has 0 bridgehead atoms. The predicted octanol–water partition coefficient (Wildman–Crippen LogP) is 4.54. The van der Waals surface area contributed by atoms with E-state index in [4.69, 9.17) is 23.8 Å². The quantitative estimate of drug-likeness (QED) is 0.747. The van der Waals surface area contributed by atoms with Crippen molar-refractivity contribution in [3.8, 4) is 0 Å². The van der Waals surface area contributed by atoms with E-state index in [-0.39, 0.29) is 11.6 Å². The smallest absolute Gasteiger partial charge is 0.167 e. The van der Waals surface area contributed by atoms with Crippen LogP contribution in [0, 0.1) is 0 Å². The van der Waals surface area contributed by atoms with E-state index in [1.807, 2.05) is 36.4 Å². The zero-order valence-electron chi connectivity index (χ0n) is 11.4. The van der Waals surface area contributed by atoms with Crippen molar-refractivity contribution < 1.29 is 0 Å². The zero-order valence-corrected chi connectivity index (χ0v) is 14.5. The Morgan fingerprint density at radius 2 is 1.71 bits per heavy atom. The third kappa shape index (κ3) is 2.80. The van der Waals surface area contributed by atoms with Crippen LogP contribution >= 0.6 is 39.7 Å². The first-order valence-electron chi connectivity index (χ1n) is 6.59. The third-order valence-corrected chi connectivity index (χ3v) is 4.87. The number of hydrogen-bond donors (Lipinski definition) is 2. The second kappa shape index (κ2) is 5.59. The molecule has 1 aliphatic rings. The molecule has 2 N–H and O–H groups in total. The minimum atomic E-state index is -0.310. The molecule has 3 rings (SSSR count). The summed E-state index contributed by atoms with van der Waals surface area (Å²) in [5.74, 6) is 0. The van der Waals surface area contributed by atoms with Crippen molar-refractivity contribution in [2.45, 2.75) is 18.5 Å². The number of thiocarbonyl (C=S) groups is 1. The van der Waals surface area contributed by atoms with Crippen LogP contribution in [0.3, 0.4) is 0 Å². The van der Waals surface area contributed by atoms with Crippen molar-refractivity contribution in [1.82, 2.24) is 10.6 Å². The molecule has 1 fully saturated rings. The molecule has 0 radical (unpaired) electrons. The second-order valence-corrected chi connectivity index (χ2v) is 7.05. The summed E-state index contributed by atoms with van der Waals surface area (Å²) in [5, 5.41) is 8.16. The van der Waals surface area contributed by atoms with Crippen LogP contribution in [0.15, 0.2) is 53.0 Å². The van der Waals surface area contributed by atoms with E-state index < -0.39 is 0 Å². The van der Waals surface area contributed by atoms with Crippen LogP contribution < -0.4 is 10.6 Å². The zero-order chi connectivity index (χ0) is 15.0. The van der Waals surface area contributed by atoms with Gasteiger partial charge in [-0.1, -0.05) is 51.8 Å². The number of nitrogens with one attached hydrogen (secondary N) is 2. The SMILES string of the molecule is CC1(c2ccc(Cl)cc2)NC(=S)NC1c1ccc(Br)cc1. The summed E-state index contributed by atoms with van der Waals surface area (Å²) in [5.41, 5.74) is 2.02. The van der Waals surface area contributed by atoms with Crippen molar-refractivity contribution in [3.05, 3.63) is 69.2 Å². The van der Waals surface area contributed by atoms with E-state index in [1.165, 1.54) is 5.56 Å². The minimum absolute atomic E-state index is 0.0688. The molecule has 1 heterocycles. The van der Waals surface area contributed by atoms with Gasteiger partial charge in [-0.3, -0.25) is 0 Å². The summed E-state index contributed by atoms with van der Waals surface area (Å²) in [6, 6.07) is 16.2. The average Bonchev–Trinajstić information content (AvgIpc) is 2.76. The number of benzene rings is 2. The van der Waals surface area contributed by atoms with Gasteiger partial charge in [0.2, 0.25) is 0 Å². The first-order valence-corrected chi connectivity index (χ1v) is 8.17. The molecule has 0 aromatic heterocycles. The first kappa shape index (κ1) is 14.8. The van der Waals surface area contributed by atoms with Crippen LogP contribution in [-0.2, 0) is 5.54 Å². The Morgan fingerprint density at radius 3 is 2.33 bits per heavy atom. The standard InChI is InChI=1S/C16H14BrClN2S/c1-16(11-4-8-13(18)9-5-11)14(19-15(21)20-16)10-2-6-12(17)7-3-10/h2-9,14H,1H3,(H2,19,20,21). The highest BCUT2D eigenvalue weighted by atomic mass is 79.9. The van der Waals surface area contributed by atoms with Crippen LogP contribution in [0.25, 0.3) is 0 Å². The lowest BCUT2D eigenvalue weighted by Gasteiger charge is -2.31. The fourth-order valence-electron chi connectivity index (χ4n) is 2.73. The maximum atomic E-state index is 6.00. The topological polar surface area (TPSA) is 24.1 Å². The van der Waals surface area contributed by atoms with E-state index in [9.17, 15) is 0 Å². The molecule has 5 heteroatoms. The van der Waals surface area contributed by atoms with Crippen molar-refractivity contribution >= 4 is 44.9 Å². The van der Waals surface area contributed by atoms with Gasteiger partial charge in [-0.2, -0.15) is 0 Å². The van der Waals surface area contributed by atoms with E-state index >= 15 is 0 Å². The lowest BCUT2D eigenvalue weighted by atomic mass is 9.82. The molecule has 2 atom stereocenters. The van der Waals surface area contributed by atoms with Gasteiger partial charge in [0, 0.05) is 9.50 Å². The Morgan fingerprint density at radius 1 is 1.10 bits per heavy atom. The molecule has 0 saturated carbocycles. The Balaban J connectivity index is 2.04. The summed E-state index contributed by atoms with van der Waals surface area (Å²) in [4.78, 5) is 0. The molecule has 2 aromatic carbocycles. The lowest BCUT2D eigenvalue weighted by molar-refractivity contribution is 0.379. The fraction of sp³-hybridized carbons (Fsp3) is 0.188. The molecule has 108 valence electrons. The van der Waals surface area contributed by atoms with E-state index in [2.05, 4.69) is 45.6 Å². The Kier molecular flexibility index (Phi) is 3.95. The molecule has 1 aliphatic heterocycles. The molecule has 0 aliphatic carbocycles. The molecule has 2 unspecified atom stereocenters. The summed E-state index contributed by atoms with van der Waals surface area (Å²) < 4.78 is 1.06. The van der Waals surface area contributed by atoms with Gasteiger partial charge in [0.15, 0.2) is 5.11 Å². The highest BCUT2D eigenvalue weighted by Crippen LogP contribution is 2.38. The van der Waals surface area contributed by atoms with Crippen molar-refractivity contribution in [1.29, 1.82) is 0 Å². The van der Waals surface area contributed by atoms with Gasteiger partial charge in [0.1, 0.15) is 0 Å². The molecule has 2 aromatic rings. The average molecular weight is 382 g/mol. The number of halogens is 2. The molecule has 0 spiro atoms. The molecular weight excluding hydrogens is 368 g/mol. The molecule has 21 heavy (non-hydrogen) atoms. The van der Waals surface area contributed by atoms with Gasteiger partial charge in [0.05, 0.1) is 11.6 Å². The van der Waals surface area contributed by atoms with Gasteiger partial charge in [0.25, 0.3) is 0 Å². The molecule has 1 saturated heterocycles. The normalized spacial score (nSPS) is 24.5. The maximum Gasteiger partial charge on any atom is 0.167 e. The van der Waals surface area contributed by atoms with E-state index in [0.717, 1.165) is 15.1 Å². The maximum absolute atomic E-state index is 6.00. The molecular formula is C16H14BrClN2S. The van der Waals surface area contributed by atoms with Crippen molar-refractivity contribution in [3.63, 3.8) is 0 Å². The van der Waals surface area contributed by atoms with E-state index in [1.54, 1.807) is 0 Å². The summed E-state index contributed by atoms with van der Waals surface area (Å²) in [6.07, 6.45) is 0. The first-order chi connectivity index (χ1) is 9.99. The van der Waals surface area contributed by atoms with Gasteiger partial charge >= 0.3 is 0 Å². The lowest BCUT2D eigenvalue weighted by Crippen LogP contribution is -2.39. The largest absolute Gasteiger partial charge is 0.353 e. The summed E-state index contributed by atoms with van der Waals surface area (Å²) in [7, 11) is 0. The van der Waals surface area contributed by atoms with Crippen LogP contribution in [0.5, 0.6) is 0 Å². The Hall–Kier alpha value is -1.10. The van der Waals surface area contributed by atoms with Gasteiger partial charge in [-0.25, -0.2) is 0 Å². The number of hydrogen-bond acceptors (Lipinski definition) is 1. The fourth-order valence-corrected chi connectivity index (χ4v) is 3.45. The van der Waals surface area contributed by atoms with Crippen LogP contribution in [0.4, 0.5) is 0 Å². The second-order valence-electron chi connectivity index (χ2n) is 5.29. The Bertz CT molecular complexity index is 672. The highest BCUT2D eigenvalue weighted by molar-refractivity contribution is 9.10. The highest BCUT2D eigenvalue weighted by Gasteiger charge is 2.43. The summed E-state index contributed by atoms with van der Waals surface area (Å²) >= 11 is 14.8. The van der Waals surface area contributed by atoms with Crippen LogP contribution in [0.2, 0.25) is 5.02 Å². The Labute approximate surface area is 143 Å². The molecule has 0 amide bonds. The third-order valence-electron chi connectivity index (χ3n) is 3.87. The van der Waals surface area contributed by atoms with Crippen molar-refractivity contribution in [2.24, 2.45) is 0 Å². The van der Waals surface area contributed by atoms with Gasteiger partial charge < -0.3 is 10.6 Å². The van der Waals surface area contributed by atoms with Gasteiger partial charge in [-0.05, 0) is 54.5 Å². The van der Waals surface area contributed by atoms with Gasteiger partial charge in [-0.15, -0.1) is 0 Å².